The Morgan fingerprint density at radius 1 is 1.47 bits per heavy atom. The van der Waals surface area contributed by atoms with Crippen LogP contribution in [0.5, 0.6) is 0 Å². The van der Waals surface area contributed by atoms with Gasteiger partial charge in [-0.15, -0.1) is 23.1 Å². The summed E-state index contributed by atoms with van der Waals surface area (Å²) in [5.74, 6) is 2.41. The maximum Gasteiger partial charge on any atom is 0.230 e. The van der Waals surface area contributed by atoms with Crippen LogP contribution < -0.4 is 5.32 Å². The van der Waals surface area contributed by atoms with Crippen LogP contribution in [0.2, 0.25) is 0 Å². The number of thioether (sulfide) groups is 1. The van der Waals surface area contributed by atoms with E-state index in [0.29, 0.717) is 17.6 Å². The Morgan fingerprint density at radius 2 is 2.32 bits per heavy atom. The largest absolute Gasteiger partial charge is 0.396 e. The summed E-state index contributed by atoms with van der Waals surface area (Å²) in [5, 5.41) is 14.3. The predicted octanol–water partition coefficient (Wildman–Crippen LogP) is 2.51. The second-order valence-electron chi connectivity index (χ2n) is 5.01. The zero-order valence-electron chi connectivity index (χ0n) is 11.0. The van der Waals surface area contributed by atoms with Gasteiger partial charge in [0.15, 0.2) is 0 Å². The molecule has 1 heterocycles. The van der Waals surface area contributed by atoms with Crippen LogP contribution in [0.15, 0.2) is 17.5 Å². The van der Waals surface area contributed by atoms with Gasteiger partial charge in [0.05, 0.1) is 5.75 Å². The summed E-state index contributed by atoms with van der Waals surface area (Å²) in [6.07, 6.45) is 3.41. The van der Waals surface area contributed by atoms with Gasteiger partial charge in [-0.1, -0.05) is 12.5 Å². The molecule has 19 heavy (non-hydrogen) atoms. The van der Waals surface area contributed by atoms with E-state index >= 15 is 0 Å². The second-order valence-corrected chi connectivity index (χ2v) is 7.03. The quantitative estimate of drug-likeness (QED) is 0.813. The molecule has 1 amide bonds. The van der Waals surface area contributed by atoms with Crippen molar-refractivity contribution in [2.24, 2.45) is 11.8 Å². The highest BCUT2D eigenvalue weighted by Gasteiger charge is 2.26. The molecule has 2 rings (SSSR count). The number of aliphatic hydroxyl groups is 1. The zero-order chi connectivity index (χ0) is 13.5. The van der Waals surface area contributed by atoms with Crippen LogP contribution in [0.4, 0.5) is 0 Å². The van der Waals surface area contributed by atoms with Gasteiger partial charge in [-0.25, -0.2) is 0 Å². The van der Waals surface area contributed by atoms with Crippen LogP contribution in [0, 0.1) is 11.8 Å². The van der Waals surface area contributed by atoms with Crippen molar-refractivity contribution in [1.82, 2.24) is 5.32 Å². The van der Waals surface area contributed by atoms with Crippen LogP contribution >= 0.6 is 23.1 Å². The highest BCUT2D eigenvalue weighted by Crippen LogP contribution is 2.30. The molecule has 2 unspecified atom stereocenters. The van der Waals surface area contributed by atoms with E-state index < -0.39 is 0 Å². The number of aliphatic hydroxyl groups excluding tert-OH is 1. The van der Waals surface area contributed by atoms with Crippen LogP contribution in [-0.4, -0.2) is 29.9 Å². The lowest BCUT2D eigenvalue weighted by molar-refractivity contribution is -0.118. The number of thiophene rings is 1. The van der Waals surface area contributed by atoms with E-state index in [1.54, 1.807) is 23.1 Å². The van der Waals surface area contributed by atoms with Gasteiger partial charge in [0.2, 0.25) is 5.91 Å². The Labute approximate surface area is 122 Å². The van der Waals surface area contributed by atoms with Crippen LogP contribution in [-0.2, 0) is 10.5 Å². The average Bonchev–Trinajstić information content (AvgIpc) is 3.07. The molecule has 2 N–H and O–H groups in total. The van der Waals surface area contributed by atoms with Gasteiger partial charge in [-0.2, -0.15) is 0 Å². The molecule has 0 saturated heterocycles. The summed E-state index contributed by atoms with van der Waals surface area (Å²) >= 11 is 3.39. The molecule has 1 aromatic rings. The lowest BCUT2D eigenvalue weighted by Gasteiger charge is -2.17. The summed E-state index contributed by atoms with van der Waals surface area (Å²) in [6, 6.07) is 4.13. The van der Waals surface area contributed by atoms with E-state index in [2.05, 4.69) is 16.8 Å². The third-order valence-electron chi connectivity index (χ3n) is 3.67. The normalized spacial score (nSPS) is 22.6. The van der Waals surface area contributed by atoms with Crippen molar-refractivity contribution >= 4 is 29.0 Å². The number of nitrogens with one attached hydrogen (secondary N) is 1. The van der Waals surface area contributed by atoms with E-state index in [-0.39, 0.29) is 12.5 Å². The lowest BCUT2D eigenvalue weighted by Crippen LogP contribution is -2.32. The zero-order valence-corrected chi connectivity index (χ0v) is 12.6. The van der Waals surface area contributed by atoms with Gasteiger partial charge in [-0.05, 0) is 36.1 Å². The first-order valence-corrected chi connectivity index (χ1v) is 8.80. The number of hydrogen-bond acceptors (Lipinski definition) is 4. The van der Waals surface area contributed by atoms with Gasteiger partial charge in [0, 0.05) is 23.8 Å². The van der Waals surface area contributed by atoms with Crippen molar-refractivity contribution in [3.63, 3.8) is 0 Å². The van der Waals surface area contributed by atoms with Crippen LogP contribution in [0.25, 0.3) is 0 Å². The van der Waals surface area contributed by atoms with E-state index in [9.17, 15) is 9.90 Å². The van der Waals surface area contributed by atoms with Crippen molar-refractivity contribution in [2.45, 2.75) is 25.0 Å². The van der Waals surface area contributed by atoms with Crippen LogP contribution in [0.3, 0.4) is 0 Å². The Kier molecular flexibility index (Phi) is 6.20. The summed E-state index contributed by atoms with van der Waals surface area (Å²) in [4.78, 5) is 13.0. The summed E-state index contributed by atoms with van der Waals surface area (Å²) in [6.45, 7) is 0.983. The molecule has 5 heteroatoms. The summed E-state index contributed by atoms with van der Waals surface area (Å²) in [7, 11) is 0. The van der Waals surface area contributed by atoms with Crippen molar-refractivity contribution in [3.05, 3.63) is 22.4 Å². The fourth-order valence-corrected chi connectivity index (χ4v) is 4.26. The van der Waals surface area contributed by atoms with Crippen LogP contribution in [0.1, 0.15) is 24.1 Å². The molecule has 0 bridgehead atoms. The van der Waals surface area contributed by atoms with E-state index in [1.807, 2.05) is 6.07 Å². The van der Waals surface area contributed by atoms with E-state index in [4.69, 9.17) is 0 Å². The topological polar surface area (TPSA) is 49.3 Å². The standard InChI is InChI=1S/C14H21NO2S2/c16-8-12-4-1-3-11(12)7-15-14(17)10-18-9-13-5-2-6-19-13/h2,5-6,11-12,16H,1,3-4,7-10H2,(H,15,17). The molecule has 2 atom stereocenters. The lowest BCUT2D eigenvalue weighted by atomic mass is 9.97. The molecule has 1 saturated carbocycles. The molecule has 0 spiro atoms. The minimum Gasteiger partial charge on any atom is -0.396 e. The smallest absolute Gasteiger partial charge is 0.230 e. The third kappa shape index (κ3) is 4.82. The fourth-order valence-electron chi connectivity index (χ4n) is 2.56. The van der Waals surface area contributed by atoms with Gasteiger partial charge in [0.25, 0.3) is 0 Å². The molecular weight excluding hydrogens is 278 g/mol. The Hall–Kier alpha value is -0.520. The van der Waals surface area contributed by atoms with Gasteiger partial charge in [0.1, 0.15) is 0 Å². The van der Waals surface area contributed by atoms with Gasteiger partial charge >= 0.3 is 0 Å². The fraction of sp³-hybridized carbons (Fsp3) is 0.643. The maximum atomic E-state index is 11.7. The monoisotopic (exact) mass is 299 g/mol. The van der Waals surface area contributed by atoms with Crippen molar-refractivity contribution in [2.75, 3.05) is 18.9 Å². The molecule has 1 aromatic heterocycles. The highest BCUT2D eigenvalue weighted by atomic mass is 32.2. The second kappa shape index (κ2) is 7.92. The van der Waals surface area contributed by atoms with E-state index in [0.717, 1.165) is 25.1 Å². The van der Waals surface area contributed by atoms with Gasteiger partial charge in [-0.3, -0.25) is 4.79 Å². The van der Waals surface area contributed by atoms with E-state index in [1.165, 1.54) is 11.3 Å². The number of carbonyl (C=O) groups excluding carboxylic acids is 1. The summed E-state index contributed by atoms with van der Waals surface area (Å²) in [5.41, 5.74) is 0. The molecule has 1 aliphatic rings. The molecule has 1 aliphatic carbocycles. The first-order chi connectivity index (χ1) is 9.29. The SMILES string of the molecule is O=C(CSCc1cccs1)NCC1CCCC1CO. The molecule has 1 fully saturated rings. The number of rotatable bonds is 7. The highest BCUT2D eigenvalue weighted by molar-refractivity contribution is 7.99. The first kappa shape index (κ1) is 14.9. The van der Waals surface area contributed by atoms with Crippen molar-refractivity contribution in [3.8, 4) is 0 Å². The molecule has 0 aromatic carbocycles. The Balaban J connectivity index is 1.59. The average molecular weight is 299 g/mol. The third-order valence-corrected chi connectivity index (χ3v) is 5.71. The Bertz CT molecular complexity index is 381. The Morgan fingerprint density at radius 3 is 3.05 bits per heavy atom. The van der Waals surface area contributed by atoms with Crippen molar-refractivity contribution < 1.29 is 9.90 Å². The van der Waals surface area contributed by atoms with Crippen molar-refractivity contribution in [1.29, 1.82) is 0 Å². The minimum absolute atomic E-state index is 0.116. The molecular formula is C14H21NO2S2. The molecule has 0 aliphatic heterocycles. The predicted molar refractivity (Wildman–Crippen MR) is 81.4 cm³/mol. The molecule has 106 valence electrons. The van der Waals surface area contributed by atoms with Gasteiger partial charge < -0.3 is 10.4 Å². The minimum atomic E-state index is 0.116. The molecule has 0 radical (unpaired) electrons. The first-order valence-electron chi connectivity index (χ1n) is 6.77. The number of carbonyl (C=O) groups is 1. The summed E-state index contributed by atoms with van der Waals surface area (Å²) < 4.78 is 0. The maximum absolute atomic E-state index is 11.7. The number of hydrogen-bond donors (Lipinski definition) is 2. The number of amides is 1. The molecule has 3 nitrogen and oxygen atoms in total.